The Balaban J connectivity index is 3.31. The van der Waals surface area contributed by atoms with E-state index in [4.69, 9.17) is 5.26 Å². The molecular weight excluding hydrogens is 105 g/mol. The van der Waals surface area contributed by atoms with Crippen LogP contribution in [0.15, 0.2) is 11.9 Å². The summed E-state index contributed by atoms with van der Waals surface area (Å²) in [5, 5.41) is 7.99. The number of nitrogens with zero attached hydrogens (tertiary/aromatic N) is 1. The van der Waals surface area contributed by atoms with E-state index in [2.05, 4.69) is 13.3 Å². The molecule has 0 aliphatic rings. The van der Waals surface area contributed by atoms with Crippen LogP contribution in [0.1, 0.15) is 0 Å². The number of hydrogen-bond acceptors (Lipinski definition) is 1. The van der Waals surface area contributed by atoms with Crippen molar-refractivity contribution in [2.24, 2.45) is 0 Å². The zero-order valence-corrected chi connectivity index (χ0v) is 5.44. The third-order valence-corrected chi connectivity index (χ3v) is 1.19. The van der Waals surface area contributed by atoms with Gasteiger partial charge in [0.25, 0.3) is 0 Å². The monoisotopic (exact) mass is 113 g/mol. The molecule has 0 N–H and O–H groups in total. The van der Waals surface area contributed by atoms with Gasteiger partial charge in [0.15, 0.2) is 0 Å². The Hall–Kier alpha value is -0.340. The normalized spacial score (nSPS) is 10.0. The van der Waals surface area contributed by atoms with Gasteiger partial charge in [-0.15, -0.1) is 0 Å². The summed E-state index contributed by atoms with van der Waals surface area (Å²) in [5.41, 5.74) is 0. The lowest BCUT2D eigenvalue weighted by atomic mass is 10.7. The fourth-order valence-corrected chi connectivity index (χ4v) is 0.547. The van der Waals surface area contributed by atoms with Crippen molar-refractivity contribution in [1.82, 2.24) is 0 Å². The maximum atomic E-state index is 7.99. The lowest BCUT2D eigenvalue weighted by Crippen LogP contribution is -1.53. The number of rotatable bonds is 1. The van der Waals surface area contributed by atoms with E-state index >= 15 is 0 Å². The van der Waals surface area contributed by atoms with Gasteiger partial charge in [-0.25, -0.2) is 0 Å². The number of allylic oxidation sites excluding steroid dienone is 1. The van der Waals surface area contributed by atoms with Crippen molar-refractivity contribution in [2.45, 2.75) is 0 Å². The third kappa shape index (κ3) is 5.66. The molecule has 7 heavy (non-hydrogen) atoms. The Morgan fingerprint density at radius 1 is 1.57 bits per heavy atom. The van der Waals surface area contributed by atoms with Crippen molar-refractivity contribution >= 4 is 7.92 Å². The maximum absolute atomic E-state index is 7.99. The Labute approximate surface area is 45.4 Å². The molecule has 38 valence electrons. The quantitative estimate of drug-likeness (QED) is 0.375. The van der Waals surface area contributed by atoms with Crippen molar-refractivity contribution in [3.63, 3.8) is 0 Å². The lowest BCUT2D eigenvalue weighted by Gasteiger charge is -1.87. The molecule has 0 rings (SSSR count). The summed E-state index contributed by atoms with van der Waals surface area (Å²) in [4.78, 5) is 0. The molecule has 0 saturated carbocycles. The summed E-state index contributed by atoms with van der Waals surface area (Å²) in [6.07, 6.45) is 1.53. The van der Waals surface area contributed by atoms with Gasteiger partial charge in [-0.05, 0) is 13.3 Å². The van der Waals surface area contributed by atoms with Gasteiger partial charge in [0.1, 0.15) is 0 Å². The largest absolute Gasteiger partial charge is 0.193 e. The third-order valence-electron chi connectivity index (χ3n) is 0.447. The highest BCUT2D eigenvalue weighted by molar-refractivity contribution is 7.59. The molecule has 0 spiro atoms. The van der Waals surface area contributed by atoms with E-state index in [1.54, 1.807) is 0 Å². The second-order valence-corrected chi connectivity index (χ2v) is 3.63. The highest BCUT2D eigenvalue weighted by Gasteiger charge is 1.76. The zero-order chi connectivity index (χ0) is 5.70. The van der Waals surface area contributed by atoms with Crippen LogP contribution in [-0.2, 0) is 0 Å². The molecule has 0 fully saturated rings. The van der Waals surface area contributed by atoms with Gasteiger partial charge in [-0.1, -0.05) is 13.7 Å². The van der Waals surface area contributed by atoms with E-state index in [9.17, 15) is 0 Å². The maximum Gasteiger partial charge on any atom is 0.0912 e. The summed E-state index contributed by atoms with van der Waals surface area (Å²) in [5.74, 6) is 1.93. The fourth-order valence-electron chi connectivity index (χ4n) is 0.182. The summed E-state index contributed by atoms with van der Waals surface area (Å²) in [7, 11) is -0.00941. The van der Waals surface area contributed by atoms with Crippen LogP contribution >= 0.6 is 7.92 Å². The van der Waals surface area contributed by atoms with Crippen LogP contribution in [-0.4, -0.2) is 13.3 Å². The van der Waals surface area contributed by atoms with E-state index in [0.717, 1.165) is 0 Å². The Bertz CT molecular complexity index is 99.1. The molecule has 0 bridgehead atoms. The Kier molecular flexibility index (Phi) is 3.65. The second kappa shape index (κ2) is 3.84. The van der Waals surface area contributed by atoms with Crippen molar-refractivity contribution in [2.75, 3.05) is 13.3 Å². The molecule has 0 aliphatic carbocycles. The molecule has 0 aromatic carbocycles. The topological polar surface area (TPSA) is 23.8 Å². The van der Waals surface area contributed by atoms with E-state index in [1.807, 2.05) is 11.9 Å². The minimum absolute atomic E-state index is 0.00941. The first kappa shape index (κ1) is 6.66. The first-order valence-electron chi connectivity index (χ1n) is 2.00. The van der Waals surface area contributed by atoms with Gasteiger partial charge in [-0.2, -0.15) is 5.26 Å². The summed E-state index contributed by atoms with van der Waals surface area (Å²) in [6, 6.07) is 1.93. The Morgan fingerprint density at radius 2 is 2.14 bits per heavy atom. The van der Waals surface area contributed by atoms with Crippen LogP contribution in [0, 0.1) is 11.3 Å². The first-order chi connectivity index (χ1) is 3.27. The molecule has 2 heteroatoms. The van der Waals surface area contributed by atoms with E-state index < -0.39 is 0 Å². The molecule has 0 aliphatic heterocycles. The molecule has 0 aromatic heterocycles. The highest BCUT2D eigenvalue weighted by Crippen LogP contribution is 2.24. The second-order valence-electron chi connectivity index (χ2n) is 1.41. The zero-order valence-electron chi connectivity index (χ0n) is 4.55. The van der Waals surface area contributed by atoms with Crippen LogP contribution < -0.4 is 0 Å². The van der Waals surface area contributed by atoms with Crippen molar-refractivity contribution in [3.8, 4) is 6.07 Å². The number of hydrogen-bond donors (Lipinski definition) is 0. The van der Waals surface area contributed by atoms with Crippen LogP contribution in [0.2, 0.25) is 0 Å². The number of nitriles is 1. The Morgan fingerprint density at radius 3 is 2.29 bits per heavy atom. The van der Waals surface area contributed by atoms with E-state index in [-0.39, 0.29) is 7.92 Å². The fraction of sp³-hybridized carbons (Fsp3) is 0.400. The van der Waals surface area contributed by atoms with Crippen molar-refractivity contribution in [3.05, 3.63) is 11.9 Å². The summed E-state index contributed by atoms with van der Waals surface area (Å²) >= 11 is 0. The molecule has 1 nitrogen and oxygen atoms in total. The van der Waals surface area contributed by atoms with Gasteiger partial charge in [0.2, 0.25) is 0 Å². The molecule has 0 saturated heterocycles. The van der Waals surface area contributed by atoms with Crippen molar-refractivity contribution in [1.29, 1.82) is 5.26 Å². The van der Waals surface area contributed by atoms with Gasteiger partial charge < -0.3 is 0 Å². The summed E-state index contributed by atoms with van der Waals surface area (Å²) in [6.45, 7) is 4.20. The van der Waals surface area contributed by atoms with Crippen LogP contribution in [0.3, 0.4) is 0 Å². The average molecular weight is 113 g/mol. The standard InChI is InChI=1S/C5H8NP/c1-7(2)5-3-4-6/h3,5H,1-2H3. The van der Waals surface area contributed by atoms with Gasteiger partial charge in [-0.3, -0.25) is 0 Å². The highest BCUT2D eigenvalue weighted by atomic mass is 31.1. The van der Waals surface area contributed by atoms with E-state index in [0.29, 0.717) is 0 Å². The molecule has 0 unspecified atom stereocenters. The molecular formula is C5H8NP. The first-order valence-corrected chi connectivity index (χ1v) is 4.30. The van der Waals surface area contributed by atoms with Crippen molar-refractivity contribution < 1.29 is 0 Å². The molecule has 0 radical (unpaired) electrons. The lowest BCUT2D eigenvalue weighted by molar-refractivity contribution is 1.54. The average Bonchev–Trinajstić information content (AvgIpc) is 1.61. The minimum atomic E-state index is -0.00941. The molecule has 0 amide bonds. The molecule has 0 heterocycles. The van der Waals surface area contributed by atoms with Crippen LogP contribution in [0.5, 0.6) is 0 Å². The van der Waals surface area contributed by atoms with E-state index in [1.165, 1.54) is 6.08 Å². The molecule has 0 aromatic rings. The van der Waals surface area contributed by atoms with Gasteiger partial charge >= 0.3 is 0 Å². The SMILES string of the molecule is CP(C)C=CC#N. The van der Waals surface area contributed by atoms with Crippen LogP contribution in [0.4, 0.5) is 0 Å². The summed E-state index contributed by atoms with van der Waals surface area (Å²) < 4.78 is 0. The smallest absolute Gasteiger partial charge is 0.0912 e. The van der Waals surface area contributed by atoms with Crippen LogP contribution in [0.25, 0.3) is 0 Å². The predicted octanol–water partition coefficient (Wildman–Crippen LogP) is 1.77. The minimum Gasteiger partial charge on any atom is -0.193 e. The van der Waals surface area contributed by atoms with Gasteiger partial charge in [0, 0.05) is 6.08 Å². The predicted molar refractivity (Wildman–Crippen MR) is 33.5 cm³/mol. The van der Waals surface area contributed by atoms with Gasteiger partial charge in [0.05, 0.1) is 6.07 Å². The molecule has 0 atom stereocenters.